The molecule has 1 fully saturated rings. The van der Waals surface area contributed by atoms with Gasteiger partial charge in [0.2, 0.25) is 0 Å². The zero-order valence-electron chi connectivity index (χ0n) is 15.4. The first-order valence-corrected chi connectivity index (χ1v) is 10.7. The van der Waals surface area contributed by atoms with Crippen LogP contribution in [0.3, 0.4) is 0 Å². The number of halogens is 2. The van der Waals surface area contributed by atoms with Crippen LogP contribution >= 0.6 is 34.5 Å². The quantitative estimate of drug-likeness (QED) is 0.452. The standard InChI is InChI=1S/C20H16Cl2N6S/c1-10-4-16(26-9-25-10)28-19-18-15(2-3-24-19)27-20(29-18)17-13(21)5-11(6-14(17)22)12-7-23-8-12/h2-6,9,12,23H,7-8H2,1H3,(H,24,25,26,28). The summed E-state index contributed by atoms with van der Waals surface area (Å²) < 4.78 is 0.915. The van der Waals surface area contributed by atoms with Gasteiger partial charge in [0.1, 0.15) is 17.2 Å². The fourth-order valence-corrected chi connectivity index (χ4v) is 5.13. The van der Waals surface area contributed by atoms with Crippen molar-refractivity contribution in [2.45, 2.75) is 12.8 Å². The maximum atomic E-state index is 6.62. The zero-order chi connectivity index (χ0) is 20.0. The van der Waals surface area contributed by atoms with Crippen LogP contribution < -0.4 is 10.6 Å². The van der Waals surface area contributed by atoms with Crippen molar-refractivity contribution in [3.05, 3.63) is 58.1 Å². The van der Waals surface area contributed by atoms with E-state index in [0.29, 0.717) is 27.6 Å². The lowest BCUT2D eigenvalue weighted by Gasteiger charge is -2.28. The van der Waals surface area contributed by atoms with E-state index in [-0.39, 0.29) is 0 Å². The first kappa shape index (κ1) is 18.7. The summed E-state index contributed by atoms with van der Waals surface area (Å²) in [5, 5.41) is 8.53. The van der Waals surface area contributed by atoms with Gasteiger partial charge in [-0.15, -0.1) is 11.3 Å². The molecule has 146 valence electrons. The third-order valence-corrected chi connectivity index (χ3v) is 6.58. The number of aromatic nitrogens is 4. The molecule has 0 unspecified atom stereocenters. The topological polar surface area (TPSA) is 75.6 Å². The van der Waals surface area contributed by atoms with Crippen LogP contribution in [0, 0.1) is 6.92 Å². The Balaban J connectivity index is 1.55. The maximum Gasteiger partial charge on any atom is 0.151 e. The van der Waals surface area contributed by atoms with Gasteiger partial charge < -0.3 is 10.6 Å². The summed E-state index contributed by atoms with van der Waals surface area (Å²) in [5.74, 6) is 1.83. The van der Waals surface area contributed by atoms with Crippen LogP contribution in [0.5, 0.6) is 0 Å². The highest BCUT2D eigenvalue weighted by Crippen LogP contribution is 2.42. The summed E-state index contributed by atoms with van der Waals surface area (Å²) in [6.45, 7) is 3.83. The molecule has 1 saturated heterocycles. The van der Waals surface area contributed by atoms with Crippen molar-refractivity contribution >= 4 is 56.4 Å². The van der Waals surface area contributed by atoms with E-state index in [1.165, 1.54) is 17.7 Å². The van der Waals surface area contributed by atoms with Gasteiger partial charge >= 0.3 is 0 Å². The van der Waals surface area contributed by atoms with Crippen molar-refractivity contribution in [2.24, 2.45) is 0 Å². The number of thiazole rings is 1. The van der Waals surface area contributed by atoms with Crippen LogP contribution in [0.25, 0.3) is 20.8 Å². The number of nitrogens with one attached hydrogen (secondary N) is 2. The molecule has 3 aromatic heterocycles. The lowest BCUT2D eigenvalue weighted by atomic mass is 9.93. The van der Waals surface area contributed by atoms with Gasteiger partial charge in [0.15, 0.2) is 5.82 Å². The van der Waals surface area contributed by atoms with E-state index in [9.17, 15) is 0 Å². The Bertz CT molecular complexity index is 1200. The molecule has 0 radical (unpaired) electrons. The van der Waals surface area contributed by atoms with Crippen molar-refractivity contribution in [1.82, 2.24) is 25.3 Å². The predicted molar refractivity (Wildman–Crippen MR) is 119 cm³/mol. The summed E-state index contributed by atoms with van der Waals surface area (Å²) >= 11 is 14.7. The van der Waals surface area contributed by atoms with E-state index in [1.54, 1.807) is 6.20 Å². The van der Waals surface area contributed by atoms with Gasteiger partial charge in [0.25, 0.3) is 0 Å². The predicted octanol–water partition coefficient (Wildman–Crippen LogP) is 5.19. The van der Waals surface area contributed by atoms with Gasteiger partial charge in [0.05, 0.1) is 20.3 Å². The first-order chi connectivity index (χ1) is 14.1. The number of benzene rings is 1. The number of fused-ring (bicyclic) bond motifs is 1. The van der Waals surface area contributed by atoms with Crippen molar-refractivity contribution in [2.75, 3.05) is 18.4 Å². The number of anilines is 2. The second-order valence-electron chi connectivity index (χ2n) is 6.91. The van der Waals surface area contributed by atoms with Crippen LogP contribution in [0.15, 0.2) is 36.8 Å². The lowest BCUT2D eigenvalue weighted by Crippen LogP contribution is -2.39. The highest BCUT2D eigenvalue weighted by Gasteiger charge is 2.23. The summed E-state index contributed by atoms with van der Waals surface area (Å²) in [6, 6.07) is 7.75. The minimum atomic E-state index is 0.464. The van der Waals surface area contributed by atoms with Gasteiger partial charge in [-0.3, -0.25) is 0 Å². The minimum Gasteiger partial charge on any atom is -0.324 e. The molecule has 4 aromatic rings. The molecule has 0 spiro atoms. The van der Waals surface area contributed by atoms with Gasteiger partial charge in [-0.25, -0.2) is 19.9 Å². The Labute approximate surface area is 181 Å². The second-order valence-corrected chi connectivity index (χ2v) is 8.72. The summed E-state index contributed by atoms with van der Waals surface area (Å²) in [5.41, 5.74) is 3.62. The number of nitrogens with zero attached hydrogens (tertiary/aromatic N) is 4. The Morgan fingerprint density at radius 2 is 1.90 bits per heavy atom. The molecule has 5 rings (SSSR count). The number of hydrogen-bond donors (Lipinski definition) is 2. The normalized spacial score (nSPS) is 14.2. The molecule has 2 N–H and O–H groups in total. The molecule has 0 aliphatic carbocycles. The molecule has 0 saturated carbocycles. The van der Waals surface area contributed by atoms with Crippen LogP contribution in [-0.2, 0) is 0 Å². The van der Waals surface area contributed by atoms with Gasteiger partial charge in [-0.1, -0.05) is 23.2 Å². The third-order valence-electron chi connectivity index (χ3n) is 4.89. The van der Waals surface area contributed by atoms with E-state index in [2.05, 4.69) is 25.6 Å². The molecule has 1 aromatic carbocycles. The molecule has 0 atom stereocenters. The molecule has 0 amide bonds. The lowest BCUT2D eigenvalue weighted by molar-refractivity contribution is 0.448. The maximum absolute atomic E-state index is 6.62. The fourth-order valence-electron chi connectivity index (χ4n) is 3.25. The molecular weight excluding hydrogens is 427 g/mol. The molecule has 9 heteroatoms. The van der Waals surface area contributed by atoms with Crippen molar-refractivity contribution in [1.29, 1.82) is 0 Å². The largest absolute Gasteiger partial charge is 0.324 e. The Morgan fingerprint density at radius 1 is 1.10 bits per heavy atom. The minimum absolute atomic E-state index is 0.464. The summed E-state index contributed by atoms with van der Waals surface area (Å²) in [7, 11) is 0. The average molecular weight is 443 g/mol. The van der Waals surface area contributed by atoms with E-state index >= 15 is 0 Å². The SMILES string of the molecule is Cc1cc(Nc2nccc3nc(-c4c(Cl)cc(C5CNC5)cc4Cl)sc23)ncn1. The highest BCUT2D eigenvalue weighted by molar-refractivity contribution is 7.22. The van der Waals surface area contributed by atoms with E-state index < -0.39 is 0 Å². The Morgan fingerprint density at radius 3 is 2.59 bits per heavy atom. The first-order valence-electron chi connectivity index (χ1n) is 9.10. The van der Waals surface area contributed by atoms with Gasteiger partial charge in [-0.2, -0.15) is 0 Å². The molecule has 1 aliphatic heterocycles. The number of aryl methyl sites for hydroxylation is 1. The molecule has 0 bridgehead atoms. The molecule has 4 heterocycles. The smallest absolute Gasteiger partial charge is 0.151 e. The Hall–Kier alpha value is -2.32. The molecule has 29 heavy (non-hydrogen) atoms. The van der Waals surface area contributed by atoms with Crippen LogP contribution in [0.2, 0.25) is 10.0 Å². The van der Waals surface area contributed by atoms with Crippen LogP contribution in [0.1, 0.15) is 17.2 Å². The van der Waals surface area contributed by atoms with Gasteiger partial charge in [-0.05, 0) is 30.7 Å². The highest BCUT2D eigenvalue weighted by atomic mass is 35.5. The summed E-state index contributed by atoms with van der Waals surface area (Å²) in [4.78, 5) is 17.6. The van der Waals surface area contributed by atoms with E-state index in [4.69, 9.17) is 28.2 Å². The summed E-state index contributed by atoms with van der Waals surface area (Å²) in [6.07, 6.45) is 3.24. The Kier molecular flexibility index (Phi) is 4.83. The number of pyridine rings is 1. The van der Waals surface area contributed by atoms with Crippen molar-refractivity contribution < 1.29 is 0 Å². The van der Waals surface area contributed by atoms with Crippen molar-refractivity contribution in [3.8, 4) is 10.6 Å². The number of hydrogen-bond acceptors (Lipinski definition) is 7. The van der Waals surface area contributed by atoms with Gasteiger partial charge in [0, 0.05) is 42.5 Å². The fraction of sp³-hybridized carbons (Fsp3) is 0.200. The molecule has 6 nitrogen and oxygen atoms in total. The number of rotatable bonds is 4. The third kappa shape index (κ3) is 3.55. The molecule has 1 aliphatic rings. The zero-order valence-corrected chi connectivity index (χ0v) is 17.7. The second kappa shape index (κ2) is 7.50. The van der Waals surface area contributed by atoms with Crippen molar-refractivity contribution in [3.63, 3.8) is 0 Å². The average Bonchev–Trinajstić information content (AvgIpc) is 3.04. The van der Waals surface area contributed by atoms with E-state index in [0.717, 1.165) is 45.1 Å². The monoisotopic (exact) mass is 442 g/mol. The molecular formula is C20H16Cl2N6S. The van der Waals surface area contributed by atoms with Crippen LogP contribution in [0.4, 0.5) is 11.6 Å². The van der Waals surface area contributed by atoms with E-state index in [1.807, 2.05) is 31.2 Å². The van der Waals surface area contributed by atoms with Crippen LogP contribution in [-0.4, -0.2) is 33.0 Å².